The summed E-state index contributed by atoms with van der Waals surface area (Å²) in [4.78, 5) is 28.4. The topological polar surface area (TPSA) is 107 Å². The summed E-state index contributed by atoms with van der Waals surface area (Å²) in [6, 6.07) is 4.33. The lowest BCUT2D eigenvalue weighted by atomic mass is 10.2. The van der Waals surface area contributed by atoms with E-state index in [2.05, 4.69) is 20.7 Å². The highest BCUT2D eigenvalue weighted by Crippen LogP contribution is 2.30. The molecule has 24 heavy (non-hydrogen) atoms. The maximum atomic E-state index is 12.3. The van der Waals surface area contributed by atoms with Gasteiger partial charge in [-0.05, 0) is 19.1 Å². The Morgan fingerprint density at radius 3 is 2.88 bits per heavy atom. The van der Waals surface area contributed by atoms with E-state index in [0.29, 0.717) is 29.0 Å². The van der Waals surface area contributed by atoms with Crippen LogP contribution in [0.2, 0.25) is 0 Å². The summed E-state index contributed by atoms with van der Waals surface area (Å²) in [6.07, 6.45) is -0.0587. The van der Waals surface area contributed by atoms with Gasteiger partial charge in [-0.1, -0.05) is 0 Å². The van der Waals surface area contributed by atoms with E-state index in [1.807, 2.05) is 0 Å². The number of anilines is 2. The molecule has 0 saturated heterocycles. The van der Waals surface area contributed by atoms with Crippen LogP contribution in [0.4, 0.5) is 11.6 Å². The fourth-order valence-corrected chi connectivity index (χ4v) is 2.50. The number of nitrogens with zero attached hydrogens (tertiary/aromatic N) is 3. The zero-order valence-corrected chi connectivity index (χ0v) is 13.5. The molecule has 2 heterocycles. The fraction of sp³-hybridized carbons (Fsp3) is 0.333. The highest BCUT2D eigenvalue weighted by molar-refractivity contribution is 6.01. The van der Waals surface area contributed by atoms with Crippen LogP contribution < -0.4 is 20.1 Å². The van der Waals surface area contributed by atoms with Crippen LogP contribution in [0.15, 0.2) is 18.2 Å². The second-order valence-corrected chi connectivity index (χ2v) is 5.25. The number of benzene rings is 1. The molecule has 3 rings (SSSR count). The Kier molecular flexibility index (Phi) is 4.07. The Bertz CT molecular complexity index is 801. The highest BCUT2D eigenvalue weighted by atomic mass is 16.5. The maximum Gasteiger partial charge on any atom is 0.252 e. The van der Waals surface area contributed by atoms with Crippen LogP contribution in [0, 0.1) is 6.92 Å². The van der Waals surface area contributed by atoms with Gasteiger partial charge < -0.3 is 14.8 Å². The minimum absolute atomic E-state index is 0.0587. The first kappa shape index (κ1) is 15.8. The fourth-order valence-electron chi connectivity index (χ4n) is 2.50. The average Bonchev–Trinajstić information content (AvgIpc) is 3.04. The van der Waals surface area contributed by atoms with Gasteiger partial charge in [-0.25, -0.2) is 4.68 Å². The normalized spacial score (nSPS) is 15.6. The van der Waals surface area contributed by atoms with Crippen molar-refractivity contribution >= 4 is 23.5 Å². The predicted octanol–water partition coefficient (Wildman–Crippen LogP) is 1.13. The largest absolute Gasteiger partial charge is 0.497 e. The Morgan fingerprint density at radius 1 is 1.38 bits per heavy atom. The molecule has 1 aliphatic heterocycles. The van der Waals surface area contributed by atoms with Crippen molar-refractivity contribution in [3.63, 3.8) is 0 Å². The number of methoxy groups -OCH3 is 2. The summed E-state index contributed by atoms with van der Waals surface area (Å²) in [5.41, 5.74) is 0.497. The van der Waals surface area contributed by atoms with Gasteiger partial charge >= 0.3 is 0 Å². The zero-order valence-electron chi connectivity index (χ0n) is 13.5. The number of hydrogen-bond acceptors (Lipinski definition) is 6. The van der Waals surface area contributed by atoms with Crippen LogP contribution in [-0.4, -0.2) is 40.8 Å². The summed E-state index contributed by atoms with van der Waals surface area (Å²) in [5.74, 6) is 1.34. The number of carbonyl (C=O) groups excluding carboxylic acids is 2. The zero-order chi connectivity index (χ0) is 17.3. The van der Waals surface area contributed by atoms with Gasteiger partial charge in [0.2, 0.25) is 11.9 Å². The highest BCUT2D eigenvalue weighted by Gasteiger charge is 2.34. The Morgan fingerprint density at radius 2 is 2.17 bits per heavy atom. The molecule has 1 aliphatic rings. The number of nitrogens with one attached hydrogen (secondary N) is 2. The van der Waals surface area contributed by atoms with E-state index in [1.165, 1.54) is 11.8 Å². The van der Waals surface area contributed by atoms with Gasteiger partial charge in [-0.3, -0.25) is 14.9 Å². The number of rotatable bonds is 5. The SMILES string of the molecule is COc1ccc(NC(=O)C[C@@H]2C(=O)Nc3nc(C)nn32)c(OC)c1. The average molecular weight is 331 g/mol. The Balaban J connectivity index is 1.73. The lowest BCUT2D eigenvalue weighted by Crippen LogP contribution is -2.24. The lowest BCUT2D eigenvalue weighted by molar-refractivity contribution is -0.123. The van der Waals surface area contributed by atoms with Gasteiger partial charge in [0.1, 0.15) is 23.4 Å². The minimum Gasteiger partial charge on any atom is -0.497 e. The molecule has 9 nitrogen and oxygen atoms in total. The van der Waals surface area contributed by atoms with E-state index < -0.39 is 6.04 Å². The summed E-state index contributed by atoms with van der Waals surface area (Å²) >= 11 is 0. The van der Waals surface area contributed by atoms with Crippen LogP contribution in [0.5, 0.6) is 11.5 Å². The quantitative estimate of drug-likeness (QED) is 0.850. The molecular weight excluding hydrogens is 314 g/mol. The van der Waals surface area contributed by atoms with Crippen molar-refractivity contribution in [3.8, 4) is 11.5 Å². The van der Waals surface area contributed by atoms with Gasteiger partial charge in [-0.15, -0.1) is 0 Å². The van der Waals surface area contributed by atoms with E-state index in [9.17, 15) is 9.59 Å². The molecule has 2 N–H and O–H groups in total. The molecule has 126 valence electrons. The number of aromatic nitrogens is 3. The molecule has 0 spiro atoms. The van der Waals surface area contributed by atoms with Gasteiger partial charge in [0.15, 0.2) is 0 Å². The summed E-state index contributed by atoms with van der Waals surface area (Å²) < 4.78 is 11.8. The Labute approximate surface area is 138 Å². The maximum absolute atomic E-state index is 12.3. The molecule has 0 radical (unpaired) electrons. The third-order valence-corrected chi connectivity index (χ3v) is 3.63. The van der Waals surface area contributed by atoms with Crippen molar-refractivity contribution in [1.82, 2.24) is 14.8 Å². The lowest BCUT2D eigenvalue weighted by Gasteiger charge is -2.13. The molecule has 1 aromatic heterocycles. The third kappa shape index (κ3) is 2.87. The monoisotopic (exact) mass is 331 g/mol. The second kappa shape index (κ2) is 6.19. The number of carbonyl (C=O) groups is 2. The molecular formula is C15H17N5O4. The first-order chi connectivity index (χ1) is 11.5. The van der Waals surface area contributed by atoms with Gasteiger partial charge in [0, 0.05) is 6.07 Å². The van der Waals surface area contributed by atoms with Crippen LogP contribution in [0.25, 0.3) is 0 Å². The van der Waals surface area contributed by atoms with Crippen LogP contribution in [-0.2, 0) is 9.59 Å². The molecule has 0 unspecified atom stereocenters. The molecule has 0 aliphatic carbocycles. The van der Waals surface area contributed by atoms with Crippen LogP contribution in [0.1, 0.15) is 18.3 Å². The number of ether oxygens (including phenoxy) is 2. The standard InChI is InChI=1S/C15H17N5O4/c1-8-16-15-18-14(22)11(20(15)19-8)7-13(21)17-10-5-4-9(23-2)6-12(10)24-3/h4-6,11H,7H2,1-3H3,(H,17,21)(H,16,18,19,22)/t11-/m1/s1. The first-order valence-electron chi connectivity index (χ1n) is 7.27. The number of aryl methyl sites for hydroxylation is 1. The van der Waals surface area contributed by atoms with Crippen LogP contribution >= 0.6 is 0 Å². The van der Waals surface area contributed by atoms with E-state index in [4.69, 9.17) is 9.47 Å². The van der Waals surface area contributed by atoms with E-state index in [-0.39, 0.29) is 18.2 Å². The minimum atomic E-state index is -0.717. The summed E-state index contributed by atoms with van der Waals surface area (Å²) in [5, 5.41) is 9.48. The van der Waals surface area contributed by atoms with Crippen molar-refractivity contribution in [1.29, 1.82) is 0 Å². The van der Waals surface area contributed by atoms with E-state index in [0.717, 1.165) is 0 Å². The molecule has 2 amide bonds. The smallest absolute Gasteiger partial charge is 0.252 e. The van der Waals surface area contributed by atoms with Crippen molar-refractivity contribution in [2.45, 2.75) is 19.4 Å². The molecule has 0 fully saturated rings. The molecule has 0 bridgehead atoms. The molecule has 2 aromatic rings. The van der Waals surface area contributed by atoms with Gasteiger partial charge in [0.05, 0.1) is 26.3 Å². The number of amides is 2. The Hall–Kier alpha value is -3.10. The molecule has 1 atom stereocenters. The second-order valence-electron chi connectivity index (χ2n) is 5.25. The van der Waals surface area contributed by atoms with Crippen molar-refractivity contribution in [3.05, 3.63) is 24.0 Å². The van der Waals surface area contributed by atoms with Gasteiger partial charge in [0.25, 0.3) is 5.91 Å². The van der Waals surface area contributed by atoms with Crippen molar-refractivity contribution in [2.24, 2.45) is 0 Å². The van der Waals surface area contributed by atoms with Crippen molar-refractivity contribution in [2.75, 3.05) is 24.9 Å². The number of fused-ring (bicyclic) bond motifs is 1. The van der Waals surface area contributed by atoms with Crippen molar-refractivity contribution < 1.29 is 19.1 Å². The molecule has 9 heteroatoms. The summed E-state index contributed by atoms with van der Waals surface area (Å²) in [7, 11) is 3.04. The van der Waals surface area contributed by atoms with Gasteiger partial charge in [-0.2, -0.15) is 10.1 Å². The first-order valence-corrected chi connectivity index (χ1v) is 7.27. The predicted molar refractivity (Wildman–Crippen MR) is 85.2 cm³/mol. The van der Waals surface area contributed by atoms with E-state index in [1.54, 1.807) is 32.2 Å². The summed E-state index contributed by atoms with van der Waals surface area (Å²) in [6.45, 7) is 1.72. The van der Waals surface area contributed by atoms with Crippen LogP contribution in [0.3, 0.4) is 0 Å². The molecule has 0 saturated carbocycles. The number of hydrogen-bond donors (Lipinski definition) is 2. The third-order valence-electron chi connectivity index (χ3n) is 3.63. The molecule has 1 aromatic carbocycles. The van der Waals surface area contributed by atoms with E-state index >= 15 is 0 Å².